The van der Waals surface area contributed by atoms with Crippen molar-refractivity contribution in [1.82, 2.24) is 0 Å². The van der Waals surface area contributed by atoms with Crippen LogP contribution in [0.5, 0.6) is 0 Å². The molecule has 1 rings (SSSR count). The largest absolute Gasteiger partial charge is 0.416 e. The lowest BCUT2D eigenvalue weighted by atomic mass is 10.1. The van der Waals surface area contributed by atoms with E-state index < -0.39 is 11.7 Å². The second kappa shape index (κ2) is 4.17. The van der Waals surface area contributed by atoms with Crippen LogP contribution >= 0.6 is 22.6 Å². The maximum atomic E-state index is 12.2. The molecule has 0 saturated heterocycles. The van der Waals surface area contributed by atoms with Gasteiger partial charge in [-0.2, -0.15) is 18.4 Å². The minimum absolute atomic E-state index is 0.135. The summed E-state index contributed by atoms with van der Waals surface area (Å²) < 4.78 is 37.1. The van der Waals surface area contributed by atoms with Crippen molar-refractivity contribution in [2.75, 3.05) is 0 Å². The highest BCUT2D eigenvalue weighted by Crippen LogP contribution is 2.30. The minimum atomic E-state index is -4.31. The molecule has 0 aliphatic rings. The molecule has 74 valence electrons. The zero-order valence-electron chi connectivity index (χ0n) is 6.90. The summed E-state index contributed by atoms with van der Waals surface area (Å²) in [6, 6.07) is 5.28. The maximum absolute atomic E-state index is 12.2. The van der Waals surface area contributed by atoms with Gasteiger partial charge in [0.2, 0.25) is 0 Å². The monoisotopic (exact) mass is 311 g/mol. The summed E-state index contributed by atoms with van der Waals surface area (Å²) in [5.74, 6) is 0. The van der Waals surface area contributed by atoms with Crippen molar-refractivity contribution in [1.29, 1.82) is 5.26 Å². The van der Waals surface area contributed by atoms with Gasteiger partial charge in [0.15, 0.2) is 0 Å². The van der Waals surface area contributed by atoms with Crippen molar-refractivity contribution in [3.8, 4) is 6.07 Å². The van der Waals surface area contributed by atoms with E-state index in [0.29, 0.717) is 9.13 Å². The first-order valence-electron chi connectivity index (χ1n) is 3.67. The standard InChI is InChI=1S/C9H5F3IN/c10-9(11,12)7-2-1-6(3-4-14)8(13)5-7/h1-2,5H,3H2. The van der Waals surface area contributed by atoms with Gasteiger partial charge in [-0.3, -0.25) is 0 Å². The van der Waals surface area contributed by atoms with E-state index in [0.717, 1.165) is 12.1 Å². The van der Waals surface area contributed by atoms with Crippen LogP contribution in [0.3, 0.4) is 0 Å². The van der Waals surface area contributed by atoms with Crippen molar-refractivity contribution in [3.63, 3.8) is 0 Å². The number of hydrogen-bond acceptors (Lipinski definition) is 1. The number of alkyl halides is 3. The Hall–Kier alpha value is -0.770. The Balaban J connectivity index is 3.08. The van der Waals surface area contributed by atoms with Gasteiger partial charge in [-0.1, -0.05) is 6.07 Å². The van der Waals surface area contributed by atoms with Crippen LogP contribution in [-0.4, -0.2) is 0 Å². The Bertz CT molecular complexity index is 379. The number of hydrogen-bond donors (Lipinski definition) is 0. The molecule has 5 heteroatoms. The molecule has 1 nitrogen and oxygen atoms in total. The van der Waals surface area contributed by atoms with Crippen LogP contribution in [0, 0.1) is 14.9 Å². The van der Waals surface area contributed by atoms with E-state index in [1.54, 1.807) is 22.6 Å². The number of halogens is 4. The third-order valence-corrected chi connectivity index (χ3v) is 2.65. The predicted octanol–water partition coefficient (Wildman–Crippen LogP) is 3.38. The molecule has 0 amide bonds. The van der Waals surface area contributed by atoms with Crippen LogP contribution in [0.1, 0.15) is 11.1 Å². The zero-order valence-corrected chi connectivity index (χ0v) is 9.06. The smallest absolute Gasteiger partial charge is 0.198 e. The van der Waals surface area contributed by atoms with Crippen LogP contribution in [-0.2, 0) is 12.6 Å². The molecule has 0 aliphatic heterocycles. The van der Waals surface area contributed by atoms with Gasteiger partial charge < -0.3 is 0 Å². The van der Waals surface area contributed by atoms with Crippen LogP contribution in [0.2, 0.25) is 0 Å². The Morgan fingerprint density at radius 1 is 1.36 bits per heavy atom. The van der Waals surface area contributed by atoms with Crippen molar-refractivity contribution in [3.05, 3.63) is 32.9 Å². The molecular formula is C9H5F3IN. The molecule has 1 aromatic carbocycles. The van der Waals surface area contributed by atoms with Gasteiger partial charge in [-0.15, -0.1) is 0 Å². The maximum Gasteiger partial charge on any atom is 0.416 e. The van der Waals surface area contributed by atoms with E-state index in [9.17, 15) is 13.2 Å². The normalized spacial score (nSPS) is 11.1. The molecule has 0 spiro atoms. The Morgan fingerprint density at radius 3 is 2.43 bits per heavy atom. The molecule has 0 atom stereocenters. The van der Waals surface area contributed by atoms with Crippen molar-refractivity contribution in [2.24, 2.45) is 0 Å². The molecular weight excluding hydrogens is 306 g/mol. The van der Waals surface area contributed by atoms with Crippen LogP contribution in [0.25, 0.3) is 0 Å². The molecule has 0 aromatic heterocycles. The van der Waals surface area contributed by atoms with Crippen molar-refractivity contribution < 1.29 is 13.2 Å². The summed E-state index contributed by atoms with van der Waals surface area (Å²) in [6.45, 7) is 0. The topological polar surface area (TPSA) is 23.8 Å². The SMILES string of the molecule is N#CCc1ccc(C(F)(F)F)cc1I. The van der Waals surface area contributed by atoms with E-state index >= 15 is 0 Å². The van der Waals surface area contributed by atoms with Gasteiger partial charge in [0.25, 0.3) is 0 Å². The lowest BCUT2D eigenvalue weighted by Gasteiger charge is -2.08. The first-order chi connectivity index (χ1) is 6.45. The van der Waals surface area contributed by atoms with E-state index in [1.165, 1.54) is 6.07 Å². The summed E-state index contributed by atoms with van der Waals surface area (Å²) in [4.78, 5) is 0. The number of benzene rings is 1. The third-order valence-electron chi connectivity index (χ3n) is 1.65. The summed E-state index contributed by atoms with van der Waals surface area (Å²) in [6.07, 6.45) is -4.18. The summed E-state index contributed by atoms with van der Waals surface area (Å²) >= 11 is 1.80. The van der Waals surface area contributed by atoms with E-state index in [-0.39, 0.29) is 6.42 Å². The average molecular weight is 311 g/mol. The lowest BCUT2D eigenvalue weighted by molar-refractivity contribution is -0.137. The Labute approximate surface area is 92.7 Å². The second-order valence-corrected chi connectivity index (χ2v) is 3.80. The molecule has 14 heavy (non-hydrogen) atoms. The van der Waals surface area contributed by atoms with Gasteiger partial charge >= 0.3 is 6.18 Å². The van der Waals surface area contributed by atoms with Gasteiger partial charge in [0, 0.05) is 3.57 Å². The zero-order chi connectivity index (χ0) is 10.8. The second-order valence-electron chi connectivity index (χ2n) is 2.64. The number of nitrogens with zero attached hydrogens (tertiary/aromatic N) is 1. The highest BCUT2D eigenvalue weighted by atomic mass is 127. The summed E-state index contributed by atoms with van der Waals surface area (Å²) in [5, 5.41) is 8.40. The van der Waals surface area contributed by atoms with Crippen LogP contribution in [0.4, 0.5) is 13.2 Å². The molecule has 0 radical (unpaired) electrons. The van der Waals surface area contributed by atoms with Crippen molar-refractivity contribution in [2.45, 2.75) is 12.6 Å². The van der Waals surface area contributed by atoms with Crippen LogP contribution in [0.15, 0.2) is 18.2 Å². The summed E-state index contributed by atoms with van der Waals surface area (Å²) in [7, 11) is 0. The average Bonchev–Trinajstić information content (AvgIpc) is 2.07. The molecule has 1 aromatic rings. The lowest BCUT2D eigenvalue weighted by Crippen LogP contribution is -2.05. The molecule has 0 bridgehead atoms. The summed E-state index contributed by atoms with van der Waals surface area (Å²) in [5.41, 5.74) is -0.0512. The highest BCUT2D eigenvalue weighted by molar-refractivity contribution is 14.1. The highest BCUT2D eigenvalue weighted by Gasteiger charge is 2.30. The number of rotatable bonds is 1. The molecule has 0 saturated carbocycles. The Morgan fingerprint density at radius 2 is 2.00 bits per heavy atom. The predicted molar refractivity (Wildman–Crippen MR) is 53.5 cm³/mol. The first-order valence-corrected chi connectivity index (χ1v) is 4.75. The van der Waals surface area contributed by atoms with Crippen LogP contribution < -0.4 is 0 Å². The fourth-order valence-electron chi connectivity index (χ4n) is 0.952. The minimum Gasteiger partial charge on any atom is -0.198 e. The molecule has 0 heterocycles. The Kier molecular flexibility index (Phi) is 3.37. The van der Waals surface area contributed by atoms with Gasteiger partial charge in [-0.05, 0) is 40.3 Å². The molecule has 0 N–H and O–H groups in total. The molecule has 0 aliphatic carbocycles. The van der Waals surface area contributed by atoms with Gasteiger partial charge in [0.1, 0.15) is 0 Å². The van der Waals surface area contributed by atoms with Gasteiger partial charge in [0.05, 0.1) is 18.1 Å². The first kappa shape index (κ1) is 11.3. The molecule has 0 fully saturated rings. The fourth-order valence-corrected chi connectivity index (χ4v) is 1.66. The van der Waals surface area contributed by atoms with E-state index in [1.807, 2.05) is 6.07 Å². The quantitative estimate of drug-likeness (QED) is 0.730. The van der Waals surface area contributed by atoms with Crippen molar-refractivity contribution >= 4 is 22.6 Å². The third kappa shape index (κ3) is 2.61. The van der Waals surface area contributed by atoms with E-state index in [2.05, 4.69) is 0 Å². The van der Waals surface area contributed by atoms with Gasteiger partial charge in [-0.25, -0.2) is 0 Å². The fraction of sp³-hybridized carbons (Fsp3) is 0.222. The number of nitriles is 1. The molecule has 0 unspecified atom stereocenters. The van der Waals surface area contributed by atoms with E-state index in [4.69, 9.17) is 5.26 Å².